The summed E-state index contributed by atoms with van der Waals surface area (Å²) < 4.78 is 27.6. The van der Waals surface area contributed by atoms with Gasteiger partial charge in [-0.3, -0.25) is 9.36 Å². The standard InChI is InChI=1S/C15H9ClF2N2O/c16-8-14-19-13-4-2-1-3-10(13)15(21)20(14)9-5-6-11(17)12(18)7-9/h1-7H,8H2. The summed E-state index contributed by atoms with van der Waals surface area (Å²) >= 11 is 5.84. The summed E-state index contributed by atoms with van der Waals surface area (Å²) in [5, 5.41) is 0.385. The molecule has 2 aromatic carbocycles. The topological polar surface area (TPSA) is 34.9 Å². The number of para-hydroxylation sites is 1. The van der Waals surface area contributed by atoms with Crippen LogP contribution in [0.1, 0.15) is 5.82 Å². The fraction of sp³-hybridized carbons (Fsp3) is 0.0667. The summed E-state index contributed by atoms with van der Waals surface area (Å²) in [5.41, 5.74) is 0.326. The maximum Gasteiger partial charge on any atom is 0.266 e. The second kappa shape index (κ2) is 5.26. The molecule has 0 aliphatic heterocycles. The highest BCUT2D eigenvalue weighted by molar-refractivity contribution is 6.16. The largest absolute Gasteiger partial charge is 0.268 e. The van der Waals surface area contributed by atoms with E-state index in [0.717, 1.165) is 12.1 Å². The lowest BCUT2D eigenvalue weighted by Gasteiger charge is -2.12. The van der Waals surface area contributed by atoms with Crippen LogP contribution in [0.5, 0.6) is 0 Å². The van der Waals surface area contributed by atoms with Gasteiger partial charge in [0, 0.05) is 6.07 Å². The summed E-state index contributed by atoms with van der Waals surface area (Å²) in [6.45, 7) is 0. The SMILES string of the molecule is O=c1c2ccccc2nc(CCl)n1-c1ccc(F)c(F)c1. The molecule has 3 aromatic rings. The van der Waals surface area contributed by atoms with Crippen LogP contribution in [-0.4, -0.2) is 9.55 Å². The van der Waals surface area contributed by atoms with Crippen molar-refractivity contribution in [1.29, 1.82) is 0 Å². The number of alkyl halides is 1. The van der Waals surface area contributed by atoms with Crippen molar-refractivity contribution in [2.45, 2.75) is 5.88 Å². The van der Waals surface area contributed by atoms with E-state index < -0.39 is 11.6 Å². The van der Waals surface area contributed by atoms with Crippen molar-refractivity contribution in [3.63, 3.8) is 0 Å². The Bertz CT molecular complexity index is 892. The first kappa shape index (κ1) is 13.7. The van der Waals surface area contributed by atoms with Crippen molar-refractivity contribution in [1.82, 2.24) is 9.55 Å². The molecule has 0 aliphatic carbocycles. The van der Waals surface area contributed by atoms with E-state index in [1.54, 1.807) is 24.3 Å². The molecule has 0 amide bonds. The molecule has 21 heavy (non-hydrogen) atoms. The molecule has 0 fully saturated rings. The molecular formula is C15H9ClF2N2O. The molecule has 6 heteroatoms. The van der Waals surface area contributed by atoms with Gasteiger partial charge in [0.2, 0.25) is 0 Å². The number of rotatable bonds is 2. The van der Waals surface area contributed by atoms with E-state index in [-0.39, 0.29) is 23.0 Å². The summed E-state index contributed by atoms with van der Waals surface area (Å²) in [4.78, 5) is 16.9. The number of benzene rings is 2. The molecule has 0 unspecified atom stereocenters. The zero-order valence-corrected chi connectivity index (χ0v) is 11.4. The van der Waals surface area contributed by atoms with Crippen LogP contribution < -0.4 is 5.56 Å². The summed E-state index contributed by atoms with van der Waals surface area (Å²) in [5.74, 6) is -1.77. The molecular weight excluding hydrogens is 298 g/mol. The molecule has 0 spiro atoms. The third kappa shape index (κ3) is 2.29. The molecule has 106 valence electrons. The van der Waals surface area contributed by atoms with E-state index in [9.17, 15) is 13.6 Å². The maximum absolute atomic E-state index is 13.4. The lowest BCUT2D eigenvalue weighted by Crippen LogP contribution is -2.23. The zero-order valence-electron chi connectivity index (χ0n) is 10.7. The predicted octanol–water partition coefficient (Wildman–Crippen LogP) is 3.40. The molecule has 0 radical (unpaired) electrons. The maximum atomic E-state index is 13.4. The molecule has 0 N–H and O–H groups in total. The lowest BCUT2D eigenvalue weighted by molar-refractivity contribution is 0.507. The van der Waals surface area contributed by atoms with Gasteiger partial charge in [0.15, 0.2) is 11.6 Å². The third-order valence-electron chi connectivity index (χ3n) is 3.13. The molecule has 3 rings (SSSR count). The molecule has 3 nitrogen and oxygen atoms in total. The average Bonchev–Trinajstić information content (AvgIpc) is 2.50. The van der Waals surface area contributed by atoms with E-state index in [1.165, 1.54) is 10.6 Å². The van der Waals surface area contributed by atoms with Crippen molar-refractivity contribution in [3.05, 3.63) is 70.3 Å². The normalized spacial score (nSPS) is 11.0. The third-order valence-corrected chi connectivity index (χ3v) is 3.37. The van der Waals surface area contributed by atoms with Gasteiger partial charge in [-0.05, 0) is 24.3 Å². The molecule has 0 atom stereocenters. The molecule has 0 saturated carbocycles. The smallest absolute Gasteiger partial charge is 0.266 e. The van der Waals surface area contributed by atoms with Gasteiger partial charge >= 0.3 is 0 Å². The van der Waals surface area contributed by atoms with Gasteiger partial charge in [0.25, 0.3) is 5.56 Å². The van der Waals surface area contributed by atoms with E-state index in [0.29, 0.717) is 10.9 Å². The van der Waals surface area contributed by atoms with Gasteiger partial charge in [-0.25, -0.2) is 13.8 Å². The van der Waals surface area contributed by atoms with Crippen molar-refractivity contribution in [2.75, 3.05) is 0 Å². The molecule has 0 aliphatic rings. The quantitative estimate of drug-likeness (QED) is 0.680. The first-order valence-electron chi connectivity index (χ1n) is 6.14. The summed E-state index contributed by atoms with van der Waals surface area (Å²) in [6, 6.07) is 10.0. The number of aromatic nitrogens is 2. The summed E-state index contributed by atoms with van der Waals surface area (Å²) in [6.07, 6.45) is 0. The molecule has 0 saturated heterocycles. The van der Waals surface area contributed by atoms with Gasteiger partial charge in [0.05, 0.1) is 22.5 Å². The first-order chi connectivity index (χ1) is 10.1. The second-order valence-electron chi connectivity index (χ2n) is 4.42. The van der Waals surface area contributed by atoms with Crippen LogP contribution in [0.2, 0.25) is 0 Å². The van der Waals surface area contributed by atoms with Crippen molar-refractivity contribution < 1.29 is 8.78 Å². The Morgan fingerprint density at radius 2 is 1.86 bits per heavy atom. The van der Waals surface area contributed by atoms with Crippen LogP contribution in [0.4, 0.5) is 8.78 Å². The Kier molecular flexibility index (Phi) is 3.43. The number of hydrogen-bond acceptors (Lipinski definition) is 2. The van der Waals surface area contributed by atoms with E-state index in [2.05, 4.69) is 4.98 Å². The van der Waals surface area contributed by atoms with Gasteiger partial charge in [0.1, 0.15) is 5.82 Å². The highest BCUT2D eigenvalue weighted by Crippen LogP contribution is 2.16. The molecule has 1 aromatic heterocycles. The highest BCUT2D eigenvalue weighted by Gasteiger charge is 2.13. The molecule has 0 bridgehead atoms. The van der Waals surface area contributed by atoms with Gasteiger partial charge in [-0.15, -0.1) is 11.6 Å². The van der Waals surface area contributed by atoms with Crippen LogP contribution in [-0.2, 0) is 5.88 Å². The lowest BCUT2D eigenvalue weighted by atomic mass is 10.2. The van der Waals surface area contributed by atoms with E-state index in [1.807, 2.05) is 0 Å². The van der Waals surface area contributed by atoms with Gasteiger partial charge in [-0.2, -0.15) is 0 Å². The summed E-state index contributed by atoms with van der Waals surface area (Å²) in [7, 11) is 0. The Morgan fingerprint density at radius 3 is 2.57 bits per heavy atom. The minimum Gasteiger partial charge on any atom is -0.268 e. The minimum atomic E-state index is -1.03. The molecule has 1 heterocycles. The minimum absolute atomic E-state index is 0.0287. The monoisotopic (exact) mass is 306 g/mol. The van der Waals surface area contributed by atoms with Crippen LogP contribution in [0, 0.1) is 11.6 Å². The Labute approximate surface area is 123 Å². The fourth-order valence-corrected chi connectivity index (χ4v) is 2.34. The van der Waals surface area contributed by atoms with Crippen LogP contribution in [0.3, 0.4) is 0 Å². The van der Waals surface area contributed by atoms with Crippen LogP contribution in [0.15, 0.2) is 47.3 Å². The zero-order chi connectivity index (χ0) is 15.0. The van der Waals surface area contributed by atoms with Crippen molar-refractivity contribution in [3.8, 4) is 5.69 Å². The number of hydrogen-bond donors (Lipinski definition) is 0. The fourth-order valence-electron chi connectivity index (χ4n) is 2.16. The van der Waals surface area contributed by atoms with Crippen molar-refractivity contribution in [2.24, 2.45) is 0 Å². The Hall–Kier alpha value is -2.27. The van der Waals surface area contributed by atoms with Gasteiger partial charge in [-0.1, -0.05) is 12.1 Å². The van der Waals surface area contributed by atoms with Crippen molar-refractivity contribution >= 4 is 22.5 Å². The van der Waals surface area contributed by atoms with Crippen LogP contribution in [0.25, 0.3) is 16.6 Å². The van der Waals surface area contributed by atoms with Crippen LogP contribution >= 0.6 is 11.6 Å². The van der Waals surface area contributed by atoms with E-state index in [4.69, 9.17) is 11.6 Å². The Morgan fingerprint density at radius 1 is 1.10 bits per heavy atom. The number of nitrogens with zero attached hydrogens (tertiary/aromatic N) is 2. The number of halogens is 3. The predicted molar refractivity (Wildman–Crippen MR) is 76.8 cm³/mol. The van der Waals surface area contributed by atoms with E-state index >= 15 is 0 Å². The Balaban J connectivity index is 2.37. The first-order valence-corrected chi connectivity index (χ1v) is 6.67. The second-order valence-corrected chi connectivity index (χ2v) is 4.69. The van der Waals surface area contributed by atoms with Gasteiger partial charge < -0.3 is 0 Å². The number of fused-ring (bicyclic) bond motifs is 1. The average molecular weight is 307 g/mol. The highest BCUT2D eigenvalue weighted by atomic mass is 35.5.